The summed E-state index contributed by atoms with van der Waals surface area (Å²) in [6, 6.07) is 17.6. The fraction of sp³-hybridized carbons (Fsp3) is 0.160. The maximum absolute atomic E-state index is 13.3. The van der Waals surface area contributed by atoms with Gasteiger partial charge in [0.15, 0.2) is 0 Å². The molecule has 4 rings (SSSR count). The van der Waals surface area contributed by atoms with Gasteiger partial charge in [0.1, 0.15) is 11.8 Å². The van der Waals surface area contributed by atoms with E-state index in [1.54, 1.807) is 48.5 Å². The summed E-state index contributed by atoms with van der Waals surface area (Å²) in [5, 5.41) is 13.7. The van der Waals surface area contributed by atoms with Crippen LogP contribution in [-0.4, -0.2) is 40.2 Å². The molecule has 9 heteroatoms. The van der Waals surface area contributed by atoms with Gasteiger partial charge in [-0.15, -0.1) is 0 Å². The van der Waals surface area contributed by atoms with Crippen molar-refractivity contribution in [1.82, 2.24) is 4.90 Å². The second-order valence-corrected chi connectivity index (χ2v) is 7.62. The molecule has 0 saturated carbocycles. The highest BCUT2D eigenvalue weighted by Crippen LogP contribution is 2.27. The number of fused-ring (bicyclic) bond motifs is 1. The topological polar surface area (TPSA) is 119 Å². The van der Waals surface area contributed by atoms with Gasteiger partial charge < -0.3 is 10.1 Å². The lowest BCUT2D eigenvalue weighted by atomic mass is 10.0. The Labute approximate surface area is 195 Å². The quantitative estimate of drug-likeness (QED) is 0.311. The normalized spacial score (nSPS) is 13.4. The Kier molecular flexibility index (Phi) is 6.35. The SMILES string of the molecule is CCOc1ccc(NC(=O)[C@@H](Cc2ccc([N+](=O)[O-])cc2)N2C(=O)c3ccccc3C2=O)cc1. The van der Waals surface area contributed by atoms with Crippen LogP contribution in [0.4, 0.5) is 11.4 Å². The number of carbonyl (C=O) groups is 3. The van der Waals surface area contributed by atoms with E-state index in [0.717, 1.165) is 4.90 Å². The molecule has 1 heterocycles. The summed E-state index contributed by atoms with van der Waals surface area (Å²) >= 11 is 0. The highest BCUT2D eigenvalue weighted by Gasteiger charge is 2.42. The third-order valence-electron chi connectivity index (χ3n) is 5.45. The first-order valence-electron chi connectivity index (χ1n) is 10.6. The zero-order valence-corrected chi connectivity index (χ0v) is 18.3. The zero-order chi connectivity index (χ0) is 24.2. The Morgan fingerprint density at radius 1 is 0.971 bits per heavy atom. The van der Waals surface area contributed by atoms with E-state index in [-0.39, 0.29) is 23.2 Å². The first kappa shape index (κ1) is 22.7. The molecule has 34 heavy (non-hydrogen) atoms. The van der Waals surface area contributed by atoms with Crippen molar-refractivity contribution in [2.24, 2.45) is 0 Å². The number of nitro groups is 1. The zero-order valence-electron chi connectivity index (χ0n) is 18.3. The van der Waals surface area contributed by atoms with Crippen molar-refractivity contribution in [1.29, 1.82) is 0 Å². The van der Waals surface area contributed by atoms with E-state index >= 15 is 0 Å². The summed E-state index contributed by atoms with van der Waals surface area (Å²) in [5.41, 5.74) is 1.40. The molecule has 0 spiro atoms. The highest BCUT2D eigenvalue weighted by atomic mass is 16.6. The van der Waals surface area contributed by atoms with E-state index in [2.05, 4.69) is 5.32 Å². The van der Waals surface area contributed by atoms with Crippen LogP contribution in [0.5, 0.6) is 5.75 Å². The Bertz CT molecular complexity index is 1220. The molecule has 0 bridgehead atoms. The second-order valence-electron chi connectivity index (χ2n) is 7.62. The van der Waals surface area contributed by atoms with Crippen molar-refractivity contribution in [2.75, 3.05) is 11.9 Å². The van der Waals surface area contributed by atoms with Crippen LogP contribution >= 0.6 is 0 Å². The first-order valence-corrected chi connectivity index (χ1v) is 10.6. The fourth-order valence-corrected chi connectivity index (χ4v) is 3.80. The number of ether oxygens (including phenoxy) is 1. The maximum atomic E-state index is 13.3. The summed E-state index contributed by atoms with van der Waals surface area (Å²) in [4.78, 5) is 50.9. The van der Waals surface area contributed by atoms with E-state index in [1.807, 2.05) is 6.92 Å². The van der Waals surface area contributed by atoms with Crippen molar-refractivity contribution in [2.45, 2.75) is 19.4 Å². The van der Waals surface area contributed by atoms with E-state index in [0.29, 0.717) is 23.6 Å². The van der Waals surface area contributed by atoms with Crippen LogP contribution in [0.3, 0.4) is 0 Å². The molecule has 0 aromatic heterocycles. The van der Waals surface area contributed by atoms with E-state index in [4.69, 9.17) is 4.74 Å². The monoisotopic (exact) mass is 459 g/mol. The Balaban J connectivity index is 1.63. The number of benzene rings is 3. The minimum atomic E-state index is -1.17. The van der Waals surface area contributed by atoms with Gasteiger partial charge in [-0.1, -0.05) is 24.3 Å². The van der Waals surface area contributed by atoms with Gasteiger partial charge in [0.25, 0.3) is 17.5 Å². The fourth-order valence-electron chi connectivity index (χ4n) is 3.80. The molecule has 1 aliphatic rings. The van der Waals surface area contributed by atoms with Crippen molar-refractivity contribution in [3.63, 3.8) is 0 Å². The third-order valence-corrected chi connectivity index (χ3v) is 5.45. The van der Waals surface area contributed by atoms with E-state index < -0.39 is 28.7 Å². The predicted octanol–water partition coefficient (Wildman–Crippen LogP) is 3.84. The number of hydrogen-bond acceptors (Lipinski definition) is 6. The molecule has 3 aromatic rings. The third kappa shape index (κ3) is 4.49. The Morgan fingerprint density at radius 3 is 2.09 bits per heavy atom. The van der Waals surface area contributed by atoms with Crippen LogP contribution in [0.15, 0.2) is 72.8 Å². The Morgan fingerprint density at radius 2 is 1.56 bits per heavy atom. The molecule has 1 atom stereocenters. The van der Waals surface area contributed by atoms with Crippen molar-refractivity contribution in [3.05, 3.63) is 99.6 Å². The number of nitrogens with zero attached hydrogens (tertiary/aromatic N) is 2. The average Bonchev–Trinajstić information content (AvgIpc) is 3.09. The minimum absolute atomic E-state index is 0.00761. The van der Waals surface area contributed by atoms with Gasteiger partial charge in [0.2, 0.25) is 5.91 Å². The summed E-state index contributed by atoms with van der Waals surface area (Å²) in [5.74, 6) is -1.04. The van der Waals surface area contributed by atoms with Crippen LogP contribution in [0.25, 0.3) is 0 Å². The molecular formula is C25H21N3O6. The highest BCUT2D eigenvalue weighted by molar-refractivity contribution is 6.23. The number of anilines is 1. The van der Waals surface area contributed by atoms with Crippen LogP contribution in [0.2, 0.25) is 0 Å². The second kappa shape index (κ2) is 9.53. The number of nitro benzene ring substituents is 1. The molecule has 0 fully saturated rings. The molecule has 9 nitrogen and oxygen atoms in total. The van der Waals surface area contributed by atoms with Crippen LogP contribution in [0.1, 0.15) is 33.2 Å². The van der Waals surface area contributed by atoms with Gasteiger partial charge in [-0.3, -0.25) is 29.4 Å². The van der Waals surface area contributed by atoms with Gasteiger partial charge in [-0.2, -0.15) is 0 Å². The molecule has 1 N–H and O–H groups in total. The smallest absolute Gasteiger partial charge is 0.269 e. The van der Waals surface area contributed by atoms with E-state index in [1.165, 1.54) is 24.3 Å². The molecule has 0 unspecified atom stereocenters. The van der Waals surface area contributed by atoms with Gasteiger partial charge >= 0.3 is 0 Å². The molecule has 0 radical (unpaired) electrons. The maximum Gasteiger partial charge on any atom is 0.269 e. The van der Waals surface area contributed by atoms with Crippen LogP contribution < -0.4 is 10.1 Å². The predicted molar refractivity (Wildman–Crippen MR) is 124 cm³/mol. The lowest BCUT2D eigenvalue weighted by molar-refractivity contribution is -0.384. The molecule has 3 aromatic carbocycles. The first-order chi connectivity index (χ1) is 16.4. The number of nitrogens with one attached hydrogen (secondary N) is 1. The number of hydrogen-bond donors (Lipinski definition) is 1. The van der Waals surface area contributed by atoms with E-state index in [9.17, 15) is 24.5 Å². The molecule has 0 aliphatic carbocycles. The van der Waals surface area contributed by atoms with Crippen molar-refractivity contribution >= 4 is 29.1 Å². The van der Waals surface area contributed by atoms with Gasteiger partial charge in [0.05, 0.1) is 22.7 Å². The Hall–Kier alpha value is -4.53. The van der Waals surface area contributed by atoms with Gasteiger partial charge in [0, 0.05) is 24.2 Å². The van der Waals surface area contributed by atoms with Crippen molar-refractivity contribution in [3.8, 4) is 5.75 Å². The van der Waals surface area contributed by atoms with Gasteiger partial charge in [-0.05, 0) is 48.9 Å². The minimum Gasteiger partial charge on any atom is -0.494 e. The largest absolute Gasteiger partial charge is 0.494 e. The standard InChI is InChI=1S/C25H21N3O6/c1-2-34-19-13-9-17(10-14-19)26-23(29)22(15-16-7-11-18(12-8-16)28(32)33)27-24(30)20-5-3-4-6-21(20)25(27)31/h3-14,22H,2,15H2,1H3,(H,26,29)/t22-/m1/s1. The molecule has 172 valence electrons. The summed E-state index contributed by atoms with van der Waals surface area (Å²) < 4.78 is 5.41. The average molecular weight is 459 g/mol. The molecular weight excluding hydrogens is 438 g/mol. The van der Waals surface area contributed by atoms with Crippen LogP contribution in [-0.2, 0) is 11.2 Å². The summed E-state index contributed by atoms with van der Waals surface area (Å²) in [6.45, 7) is 2.36. The van der Waals surface area contributed by atoms with Gasteiger partial charge in [-0.25, -0.2) is 0 Å². The molecule has 0 saturated heterocycles. The number of imide groups is 1. The number of amides is 3. The number of non-ortho nitro benzene ring substituents is 1. The number of rotatable bonds is 8. The summed E-state index contributed by atoms with van der Waals surface area (Å²) in [7, 11) is 0. The lowest BCUT2D eigenvalue weighted by Gasteiger charge is -2.25. The molecule has 3 amide bonds. The van der Waals surface area contributed by atoms with Crippen molar-refractivity contribution < 1.29 is 24.0 Å². The summed E-state index contributed by atoms with van der Waals surface area (Å²) in [6.07, 6.45) is -0.00761. The van der Waals surface area contributed by atoms with Crippen LogP contribution in [0, 0.1) is 10.1 Å². The molecule has 1 aliphatic heterocycles. The lowest BCUT2D eigenvalue weighted by Crippen LogP contribution is -2.48. The number of carbonyl (C=O) groups excluding carboxylic acids is 3.